The Morgan fingerprint density at radius 2 is 1.45 bits per heavy atom. The van der Waals surface area contributed by atoms with Crippen LogP contribution in [0.3, 0.4) is 0 Å². The van der Waals surface area contributed by atoms with Crippen molar-refractivity contribution in [1.29, 1.82) is 0 Å². The molecule has 2 aliphatic heterocycles. The Kier molecular flexibility index (Phi) is 6.74. The summed E-state index contributed by atoms with van der Waals surface area (Å²) in [5, 5.41) is 10.9. The van der Waals surface area contributed by atoms with Crippen LogP contribution in [-0.2, 0) is 24.6 Å². The third-order valence-corrected chi connectivity index (χ3v) is 11.0. The number of nitrogens with zero attached hydrogens (tertiary/aromatic N) is 2. The third kappa shape index (κ3) is 4.12. The zero-order chi connectivity index (χ0) is 32.6. The van der Waals surface area contributed by atoms with Gasteiger partial charge in [0, 0.05) is 10.9 Å². The van der Waals surface area contributed by atoms with Gasteiger partial charge in [-0.3, -0.25) is 24.1 Å². The van der Waals surface area contributed by atoms with Crippen molar-refractivity contribution in [3.05, 3.63) is 136 Å². The minimum atomic E-state index is -1.36. The molecule has 0 aromatic heterocycles. The third-order valence-electron chi connectivity index (χ3n) is 10.7. The van der Waals surface area contributed by atoms with E-state index in [1.807, 2.05) is 54.6 Å². The van der Waals surface area contributed by atoms with Gasteiger partial charge in [-0.1, -0.05) is 90.0 Å². The van der Waals surface area contributed by atoms with Crippen LogP contribution in [-0.4, -0.2) is 28.7 Å². The predicted octanol–water partition coefficient (Wildman–Crippen LogP) is 6.72. The van der Waals surface area contributed by atoms with E-state index in [0.29, 0.717) is 33.9 Å². The minimum Gasteiger partial charge on any atom is -0.508 e. The van der Waals surface area contributed by atoms with Crippen LogP contribution in [0.15, 0.2) is 115 Å². The number of carbonyl (C=O) groups excluding carboxylic acids is 4. The van der Waals surface area contributed by atoms with Crippen molar-refractivity contribution < 1.29 is 24.3 Å². The molecular formula is C39H31ClN2O5. The van der Waals surface area contributed by atoms with E-state index < -0.39 is 35.0 Å². The molecule has 6 unspecified atom stereocenters. The van der Waals surface area contributed by atoms with E-state index >= 15 is 4.79 Å². The highest BCUT2D eigenvalue weighted by atomic mass is 35.5. The molecule has 8 rings (SSSR count). The highest BCUT2D eigenvalue weighted by Gasteiger charge is 2.70. The van der Waals surface area contributed by atoms with Gasteiger partial charge >= 0.3 is 0 Å². The first-order valence-corrected chi connectivity index (χ1v) is 16.2. The van der Waals surface area contributed by atoms with Crippen molar-refractivity contribution in [3.8, 4) is 5.75 Å². The van der Waals surface area contributed by atoms with Gasteiger partial charge in [0.1, 0.15) is 5.75 Å². The van der Waals surface area contributed by atoms with Crippen LogP contribution >= 0.6 is 11.6 Å². The molecule has 0 spiro atoms. The number of halogens is 1. The molecule has 8 heteroatoms. The lowest BCUT2D eigenvalue weighted by molar-refractivity contribution is -0.127. The maximum atomic E-state index is 15.2. The van der Waals surface area contributed by atoms with Gasteiger partial charge in [0.2, 0.25) is 23.6 Å². The molecule has 2 saturated heterocycles. The fourth-order valence-corrected chi connectivity index (χ4v) is 8.99. The van der Waals surface area contributed by atoms with Crippen molar-refractivity contribution in [2.24, 2.45) is 23.7 Å². The van der Waals surface area contributed by atoms with Crippen LogP contribution in [0.1, 0.15) is 35.4 Å². The molecule has 4 aliphatic rings. The number of hydrogen-bond acceptors (Lipinski definition) is 5. The smallest absolute Gasteiger partial charge is 0.246 e. The number of amides is 4. The maximum absolute atomic E-state index is 15.2. The summed E-state index contributed by atoms with van der Waals surface area (Å²) in [5.74, 6) is -4.33. The Balaban J connectivity index is 1.36. The zero-order valence-electron chi connectivity index (χ0n) is 25.5. The number of rotatable bonds is 4. The number of para-hydroxylation sites is 1. The van der Waals surface area contributed by atoms with Crippen molar-refractivity contribution in [2.75, 3.05) is 9.80 Å². The van der Waals surface area contributed by atoms with Crippen molar-refractivity contribution in [3.63, 3.8) is 0 Å². The number of fused-ring (bicyclic) bond motifs is 4. The van der Waals surface area contributed by atoms with Crippen molar-refractivity contribution in [2.45, 2.75) is 31.1 Å². The van der Waals surface area contributed by atoms with Gasteiger partial charge in [0.05, 0.1) is 34.5 Å². The molecule has 4 amide bonds. The average Bonchev–Trinajstić information content (AvgIpc) is 3.47. The van der Waals surface area contributed by atoms with Crippen LogP contribution in [0.2, 0.25) is 5.02 Å². The molecule has 1 saturated carbocycles. The standard InChI is InChI=1S/C39H31ClN2O5/c1-22-19-23(15-18-32(22)43)34-28-16-17-29-33(37(46)41(35(29)44)26-12-6-3-7-13-26)30(28)21-31-36(45)42(27-14-8-11-25(40)20-27)38(47)39(31,34)24-9-4-2-5-10-24/h2-16,18-20,29-31,33-34,43H,17,21H2,1H3. The monoisotopic (exact) mass is 642 g/mol. The summed E-state index contributed by atoms with van der Waals surface area (Å²) in [4.78, 5) is 60.8. The van der Waals surface area contributed by atoms with Gasteiger partial charge in [0.25, 0.3) is 0 Å². The van der Waals surface area contributed by atoms with E-state index in [0.717, 1.165) is 11.1 Å². The Hall–Kier alpha value is -5.01. The van der Waals surface area contributed by atoms with E-state index in [4.69, 9.17) is 11.6 Å². The second kappa shape index (κ2) is 10.8. The van der Waals surface area contributed by atoms with E-state index in [-0.39, 0.29) is 35.8 Å². The molecule has 1 N–H and O–H groups in total. The van der Waals surface area contributed by atoms with E-state index in [9.17, 15) is 19.5 Å². The van der Waals surface area contributed by atoms with Crippen LogP contribution in [0.5, 0.6) is 5.75 Å². The largest absolute Gasteiger partial charge is 0.508 e. The van der Waals surface area contributed by atoms with Crippen LogP contribution in [0, 0.1) is 30.6 Å². The summed E-state index contributed by atoms with van der Waals surface area (Å²) in [7, 11) is 0. The molecule has 0 radical (unpaired) electrons. The number of phenolic OH excluding ortho intramolecular Hbond substituents is 1. The summed E-state index contributed by atoms with van der Waals surface area (Å²) in [6, 6.07) is 30.4. The number of benzene rings is 4. The first-order chi connectivity index (χ1) is 22.7. The summed E-state index contributed by atoms with van der Waals surface area (Å²) >= 11 is 6.38. The minimum absolute atomic E-state index is 0.119. The van der Waals surface area contributed by atoms with E-state index in [1.54, 1.807) is 61.5 Å². The van der Waals surface area contributed by atoms with Gasteiger partial charge in [-0.05, 0) is 78.8 Å². The first-order valence-electron chi connectivity index (χ1n) is 15.8. The summed E-state index contributed by atoms with van der Waals surface area (Å²) in [6.07, 6.45) is 2.60. The molecule has 6 atom stereocenters. The summed E-state index contributed by atoms with van der Waals surface area (Å²) in [6.45, 7) is 1.80. The number of allylic oxidation sites excluding steroid dienone is 2. The van der Waals surface area contributed by atoms with E-state index in [1.165, 1.54) is 9.80 Å². The summed E-state index contributed by atoms with van der Waals surface area (Å²) < 4.78 is 0. The highest BCUT2D eigenvalue weighted by molar-refractivity contribution is 6.32. The number of phenols is 1. The van der Waals surface area contributed by atoms with Crippen molar-refractivity contribution in [1.82, 2.24) is 0 Å². The Bertz CT molecular complexity index is 2010. The second-order valence-corrected chi connectivity index (χ2v) is 13.4. The molecule has 234 valence electrons. The maximum Gasteiger partial charge on any atom is 0.246 e. The lowest BCUT2D eigenvalue weighted by atomic mass is 9.49. The quantitative estimate of drug-likeness (QED) is 0.197. The fourth-order valence-electron chi connectivity index (χ4n) is 8.81. The van der Waals surface area contributed by atoms with Gasteiger partial charge < -0.3 is 5.11 Å². The van der Waals surface area contributed by atoms with Gasteiger partial charge in [-0.15, -0.1) is 0 Å². The van der Waals surface area contributed by atoms with Gasteiger partial charge in [-0.25, -0.2) is 4.90 Å². The number of imide groups is 2. The highest BCUT2D eigenvalue weighted by Crippen LogP contribution is 2.64. The number of hydrogen-bond donors (Lipinski definition) is 1. The fraction of sp³-hybridized carbons (Fsp3) is 0.231. The van der Waals surface area contributed by atoms with E-state index in [2.05, 4.69) is 0 Å². The molecule has 47 heavy (non-hydrogen) atoms. The van der Waals surface area contributed by atoms with Crippen LogP contribution < -0.4 is 9.80 Å². The van der Waals surface area contributed by atoms with Gasteiger partial charge in [0.15, 0.2) is 0 Å². The molecule has 2 aliphatic carbocycles. The molecule has 3 fully saturated rings. The Labute approximate surface area is 277 Å². The normalized spacial score (nSPS) is 28.2. The molecular weight excluding hydrogens is 612 g/mol. The number of aromatic hydroxyl groups is 1. The average molecular weight is 643 g/mol. The lowest BCUT2D eigenvalue weighted by Gasteiger charge is -2.50. The predicted molar refractivity (Wildman–Crippen MR) is 178 cm³/mol. The molecule has 7 nitrogen and oxygen atoms in total. The Morgan fingerprint density at radius 3 is 2.15 bits per heavy atom. The number of carbonyl (C=O) groups is 4. The van der Waals surface area contributed by atoms with Gasteiger partial charge in [-0.2, -0.15) is 0 Å². The lowest BCUT2D eigenvalue weighted by Crippen LogP contribution is -2.53. The zero-order valence-corrected chi connectivity index (χ0v) is 26.3. The Morgan fingerprint density at radius 1 is 0.745 bits per heavy atom. The van der Waals surface area contributed by atoms with Crippen LogP contribution in [0.4, 0.5) is 11.4 Å². The SMILES string of the molecule is Cc1cc(C2C3=CCC4C(=O)N(c5ccccc5)C(=O)C4C3CC3C(=O)N(c4cccc(Cl)c4)C(=O)C32c2ccccc2)ccc1O. The molecule has 4 aromatic rings. The molecule has 4 aromatic carbocycles. The first kappa shape index (κ1) is 29.4. The molecule has 0 bridgehead atoms. The summed E-state index contributed by atoms with van der Waals surface area (Å²) in [5.41, 5.74) is 2.52. The second-order valence-electron chi connectivity index (χ2n) is 13.0. The molecule has 2 heterocycles. The number of aryl methyl sites for hydroxylation is 1. The van der Waals surface area contributed by atoms with Crippen LogP contribution in [0.25, 0.3) is 0 Å². The van der Waals surface area contributed by atoms with Crippen molar-refractivity contribution >= 4 is 46.6 Å². The topological polar surface area (TPSA) is 95.0 Å². The number of anilines is 2.